The number of carbonyl (C=O) groups excluding carboxylic acids is 1. The third kappa shape index (κ3) is 1.42. The van der Waals surface area contributed by atoms with Gasteiger partial charge in [-0.3, -0.25) is 9.20 Å². The van der Waals surface area contributed by atoms with E-state index in [1.54, 1.807) is 16.7 Å². The number of H-pyrrole nitrogens is 1. The zero-order chi connectivity index (χ0) is 12.0. The summed E-state index contributed by atoms with van der Waals surface area (Å²) in [6, 6.07) is 4.32. The van der Waals surface area contributed by atoms with Crippen LogP contribution in [0.2, 0.25) is 0 Å². The molecule has 2 aromatic heterocycles. The van der Waals surface area contributed by atoms with E-state index in [0.717, 1.165) is 0 Å². The SMILES string of the molecule is NCC(=O)c1cn2c(nc3ccc(F)cc32)[nH]1. The maximum atomic E-state index is 13.1. The van der Waals surface area contributed by atoms with Crippen LogP contribution in [-0.2, 0) is 0 Å². The Kier molecular flexibility index (Phi) is 1.99. The van der Waals surface area contributed by atoms with Crippen LogP contribution < -0.4 is 5.73 Å². The molecule has 1 aromatic carbocycles. The smallest absolute Gasteiger partial charge is 0.212 e. The van der Waals surface area contributed by atoms with Crippen molar-refractivity contribution in [2.24, 2.45) is 5.73 Å². The number of benzene rings is 1. The minimum absolute atomic E-state index is 0.0735. The molecular weight excluding hydrogens is 223 g/mol. The summed E-state index contributed by atoms with van der Waals surface area (Å²) in [7, 11) is 0. The first-order chi connectivity index (χ1) is 8.19. The lowest BCUT2D eigenvalue weighted by molar-refractivity contribution is 0.0997. The average molecular weight is 232 g/mol. The first-order valence-electron chi connectivity index (χ1n) is 5.08. The Morgan fingerprint density at radius 3 is 3.12 bits per heavy atom. The lowest BCUT2D eigenvalue weighted by Crippen LogP contribution is -2.13. The van der Waals surface area contributed by atoms with E-state index in [-0.39, 0.29) is 18.1 Å². The van der Waals surface area contributed by atoms with Gasteiger partial charge >= 0.3 is 0 Å². The molecule has 17 heavy (non-hydrogen) atoms. The Hall–Kier alpha value is -2.21. The minimum atomic E-state index is -0.341. The van der Waals surface area contributed by atoms with Gasteiger partial charge in [-0.25, -0.2) is 9.37 Å². The maximum absolute atomic E-state index is 13.1. The van der Waals surface area contributed by atoms with Gasteiger partial charge in [0.1, 0.15) is 11.5 Å². The number of hydrogen-bond acceptors (Lipinski definition) is 3. The van der Waals surface area contributed by atoms with E-state index in [1.165, 1.54) is 12.1 Å². The highest BCUT2D eigenvalue weighted by Gasteiger charge is 2.12. The normalized spacial score (nSPS) is 11.4. The molecule has 0 saturated carbocycles. The van der Waals surface area contributed by atoms with Gasteiger partial charge in [-0.05, 0) is 12.1 Å². The number of aromatic nitrogens is 3. The number of imidazole rings is 2. The second kappa shape index (κ2) is 3.39. The van der Waals surface area contributed by atoms with Crippen molar-refractivity contribution >= 4 is 22.6 Å². The Morgan fingerprint density at radius 1 is 1.53 bits per heavy atom. The summed E-state index contributed by atoms with van der Waals surface area (Å²) >= 11 is 0. The van der Waals surface area contributed by atoms with E-state index in [1.807, 2.05) is 0 Å². The Labute approximate surface area is 95.1 Å². The highest BCUT2D eigenvalue weighted by atomic mass is 19.1. The number of halogens is 1. The molecule has 3 aromatic rings. The fraction of sp³-hybridized carbons (Fsp3) is 0.0909. The van der Waals surface area contributed by atoms with Crippen molar-refractivity contribution in [3.63, 3.8) is 0 Å². The minimum Gasteiger partial charge on any atom is -0.324 e. The molecule has 0 unspecified atom stereocenters. The summed E-state index contributed by atoms with van der Waals surface area (Å²) in [5.41, 5.74) is 6.94. The zero-order valence-electron chi connectivity index (χ0n) is 8.77. The largest absolute Gasteiger partial charge is 0.324 e. The van der Waals surface area contributed by atoms with Crippen LogP contribution in [0.25, 0.3) is 16.8 Å². The number of nitrogens with one attached hydrogen (secondary N) is 1. The molecule has 0 bridgehead atoms. The topological polar surface area (TPSA) is 76.2 Å². The van der Waals surface area contributed by atoms with Gasteiger partial charge in [-0.15, -0.1) is 0 Å². The highest BCUT2D eigenvalue weighted by Crippen LogP contribution is 2.18. The van der Waals surface area contributed by atoms with Crippen molar-refractivity contribution in [3.05, 3.63) is 35.9 Å². The van der Waals surface area contributed by atoms with Crippen LogP contribution in [0.15, 0.2) is 24.4 Å². The molecular formula is C11H9FN4O. The number of carbonyl (C=O) groups is 1. The zero-order valence-corrected chi connectivity index (χ0v) is 8.77. The maximum Gasteiger partial charge on any atom is 0.212 e. The molecule has 0 aliphatic carbocycles. The number of hydrogen-bond donors (Lipinski definition) is 2. The van der Waals surface area contributed by atoms with Gasteiger partial charge in [0.2, 0.25) is 5.78 Å². The molecule has 0 amide bonds. The van der Waals surface area contributed by atoms with E-state index in [0.29, 0.717) is 22.5 Å². The van der Waals surface area contributed by atoms with Crippen molar-refractivity contribution in [2.45, 2.75) is 0 Å². The molecule has 0 aliphatic heterocycles. The highest BCUT2D eigenvalue weighted by molar-refractivity contribution is 5.96. The van der Waals surface area contributed by atoms with Crippen molar-refractivity contribution < 1.29 is 9.18 Å². The molecule has 0 saturated heterocycles. The predicted molar refractivity (Wildman–Crippen MR) is 60.4 cm³/mol. The number of nitrogens with zero attached hydrogens (tertiary/aromatic N) is 2. The summed E-state index contributed by atoms with van der Waals surface area (Å²) in [5.74, 6) is -0.0466. The second-order valence-corrected chi connectivity index (χ2v) is 3.73. The molecule has 6 heteroatoms. The van der Waals surface area contributed by atoms with E-state index in [2.05, 4.69) is 9.97 Å². The van der Waals surface area contributed by atoms with E-state index in [9.17, 15) is 9.18 Å². The molecule has 0 fully saturated rings. The van der Waals surface area contributed by atoms with Gasteiger partial charge in [0.05, 0.1) is 17.6 Å². The summed E-state index contributed by atoms with van der Waals surface area (Å²) in [6.45, 7) is -0.0735. The van der Waals surface area contributed by atoms with Crippen molar-refractivity contribution in [2.75, 3.05) is 6.54 Å². The predicted octanol–water partition coefficient (Wildman–Crippen LogP) is 1.10. The summed E-state index contributed by atoms with van der Waals surface area (Å²) < 4.78 is 14.8. The number of aromatic amines is 1. The monoisotopic (exact) mass is 232 g/mol. The molecule has 0 aliphatic rings. The van der Waals surface area contributed by atoms with Crippen LogP contribution in [-0.4, -0.2) is 26.7 Å². The van der Waals surface area contributed by atoms with Gasteiger partial charge in [0.15, 0.2) is 5.78 Å². The lowest BCUT2D eigenvalue weighted by atomic mass is 10.3. The number of rotatable bonds is 2. The van der Waals surface area contributed by atoms with E-state index >= 15 is 0 Å². The lowest BCUT2D eigenvalue weighted by Gasteiger charge is -1.91. The quantitative estimate of drug-likeness (QED) is 0.649. The summed E-state index contributed by atoms with van der Waals surface area (Å²) in [6.07, 6.45) is 1.58. The van der Waals surface area contributed by atoms with Gasteiger partial charge in [-0.1, -0.05) is 0 Å². The molecule has 0 atom stereocenters. The fourth-order valence-electron chi connectivity index (χ4n) is 1.82. The summed E-state index contributed by atoms with van der Waals surface area (Å²) in [4.78, 5) is 18.5. The van der Waals surface area contributed by atoms with Crippen LogP contribution in [0, 0.1) is 5.82 Å². The van der Waals surface area contributed by atoms with E-state index in [4.69, 9.17) is 5.73 Å². The third-order valence-corrected chi connectivity index (χ3v) is 2.64. The van der Waals surface area contributed by atoms with Crippen LogP contribution in [0.5, 0.6) is 0 Å². The molecule has 0 spiro atoms. The second-order valence-electron chi connectivity index (χ2n) is 3.73. The average Bonchev–Trinajstić information content (AvgIpc) is 2.86. The van der Waals surface area contributed by atoms with Crippen molar-refractivity contribution in [1.29, 1.82) is 0 Å². The van der Waals surface area contributed by atoms with Crippen LogP contribution in [0.1, 0.15) is 10.5 Å². The van der Waals surface area contributed by atoms with Gasteiger partial charge < -0.3 is 10.7 Å². The third-order valence-electron chi connectivity index (χ3n) is 2.64. The molecule has 3 rings (SSSR count). The van der Waals surface area contributed by atoms with Crippen LogP contribution >= 0.6 is 0 Å². The van der Waals surface area contributed by atoms with Gasteiger partial charge in [0, 0.05) is 12.3 Å². The summed E-state index contributed by atoms with van der Waals surface area (Å²) in [5, 5.41) is 0. The molecule has 0 radical (unpaired) electrons. The van der Waals surface area contributed by atoms with Crippen molar-refractivity contribution in [3.8, 4) is 0 Å². The van der Waals surface area contributed by atoms with E-state index < -0.39 is 0 Å². The Balaban J connectivity index is 2.30. The Bertz CT molecular complexity index is 728. The number of Topliss-reactive ketones (excluding diaryl/α,β-unsaturated/α-hetero) is 1. The number of fused-ring (bicyclic) bond motifs is 3. The number of ketones is 1. The number of nitrogens with two attached hydrogens (primary N) is 1. The molecule has 3 N–H and O–H groups in total. The van der Waals surface area contributed by atoms with Crippen LogP contribution in [0.4, 0.5) is 4.39 Å². The van der Waals surface area contributed by atoms with Crippen LogP contribution in [0.3, 0.4) is 0 Å². The Morgan fingerprint density at radius 2 is 2.35 bits per heavy atom. The first kappa shape index (κ1) is 9.98. The van der Waals surface area contributed by atoms with Gasteiger partial charge in [-0.2, -0.15) is 0 Å². The molecule has 86 valence electrons. The van der Waals surface area contributed by atoms with Crippen molar-refractivity contribution in [1.82, 2.24) is 14.4 Å². The molecule has 2 heterocycles. The molecule has 5 nitrogen and oxygen atoms in total. The van der Waals surface area contributed by atoms with Gasteiger partial charge in [0.25, 0.3) is 0 Å². The standard InChI is InChI=1S/C11H9FN4O/c12-6-1-2-7-9(3-6)16-5-8(10(17)4-13)15-11(16)14-7/h1-3,5H,4,13H2,(H,14,15). The fourth-order valence-corrected chi connectivity index (χ4v) is 1.82. The first-order valence-corrected chi connectivity index (χ1v) is 5.08.